The van der Waals surface area contributed by atoms with Crippen molar-refractivity contribution in [1.82, 2.24) is 10.2 Å². The van der Waals surface area contributed by atoms with Gasteiger partial charge in [-0.2, -0.15) is 0 Å². The normalized spacial score (nSPS) is 14.3. The van der Waals surface area contributed by atoms with Crippen molar-refractivity contribution in [1.29, 1.82) is 0 Å². The lowest BCUT2D eigenvalue weighted by molar-refractivity contribution is -0.141. The Morgan fingerprint density at radius 2 is 1.62 bits per heavy atom. The van der Waals surface area contributed by atoms with Crippen LogP contribution in [0.3, 0.4) is 0 Å². The minimum absolute atomic E-state index is 0.0723. The van der Waals surface area contributed by atoms with Crippen LogP contribution in [0.4, 0.5) is 0 Å². The largest absolute Gasteiger partial charge is 0.352 e. The first-order chi connectivity index (χ1) is 18.0. The summed E-state index contributed by atoms with van der Waals surface area (Å²) in [6, 6.07) is 24.7. The van der Waals surface area contributed by atoms with Crippen LogP contribution in [0.2, 0.25) is 10.0 Å². The highest BCUT2D eigenvalue weighted by Crippen LogP contribution is 2.26. The van der Waals surface area contributed by atoms with Gasteiger partial charge < -0.3 is 10.2 Å². The minimum atomic E-state index is -0.649. The van der Waals surface area contributed by atoms with Gasteiger partial charge in [0, 0.05) is 46.1 Å². The highest BCUT2D eigenvalue weighted by atomic mass is 35.5. The van der Waals surface area contributed by atoms with Crippen LogP contribution < -0.4 is 5.32 Å². The summed E-state index contributed by atoms with van der Waals surface area (Å²) in [6.45, 7) is 0.237. The minimum Gasteiger partial charge on any atom is -0.352 e. The Balaban J connectivity index is 1.59. The van der Waals surface area contributed by atoms with Crippen molar-refractivity contribution < 1.29 is 9.59 Å². The molecule has 37 heavy (non-hydrogen) atoms. The summed E-state index contributed by atoms with van der Waals surface area (Å²) in [4.78, 5) is 30.3. The summed E-state index contributed by atoms with van der Waals surface area (Å²) >= 11 is 14.3. The quantitative estimate of drug-likeness (QED) is 0.255. The second-order valence-corrected chi connectivity index (χ2v) is 11.4. The van der Waals surface area contributed by atoms with E-state index in [0.29, 0.717) is 28.6 Å². The Kier molecular flexibility index (Phi) is 10.4. The van der Waals surface area contributed by atoms with E-state index in [0.717, 1.165) is 41.7 Å². The number of carbonyl (C=O) groups excluding carboxylic acids is 2. The summed E-state index contributed by atoms with van der Waals surface area (Å²) in [5.74, 6) is 0.442. The maximum absolute atomic E-state index is 13.8. The van der Waals surface area contributed by atoms with E-state index in [1.54, 1.807) is 28.8 Å². The molecule has 0 heterocycles. The molecule has 1 aliphatic carbocycles. The number of rotatable bonds is 11. The zero-order chi connectivity index (χ0) is 26.0. The van der Waals surface area contributed by atoms with Gasteiger partial charge in [-0.05, 0) is 48.2 Å². The Bertz CT molecular complexity index is 1170. The van der Waals surface area contributed by atoms with Gasteiger partial charge in [-0.1, -0.05) is 90.6 Å². The summed E-state index contributed by atoms with van der Waals surface area (Å²) in [5, 5.41) is 4.25. The van der Waals surface area contributed by atoms with Gasteiger partial charge in [0.1, 0.15) is 6.04 Å². The van der Waals surface area contributed by atoms with Crippen LogP contribution in [-0.2, 0) is 22.6 Å². The lowest BCUT2D eigenvalue weighted by Crippen LogP contribution is -2.52. The predicted octanol–water partition coefficient (Wildman–Crippen LogP) is 7.17. The standard InChI is InChI=1S/C30H32Cl2N2O2S/c31-24-16-15-23(27(32)20-24)21-34(29(35)17-18-37-26-13-5-2-6-14-26)28(19-22-9-3-1-4-10-22)30(36)33-25-11-7-8-12-25/h1-6,9-10,13-16,20,25,28H,7-8,11-12,17-19,21H2,(H,33,36)/t28-/m0/s1. The van der Waals surface area contributed by atoms with Crippen LogP contribution in [0.5, 0.6) is 0 Å². The van der Waals surface area contributed by atoms with E-state index >= 15 is 0 Å². The Labute approximate surface area is 233 Å². The number of carbonyl (C=O) groups is 2. The molecule has 0 unspecified atom stereocenters. The molecule has 1 N–H and O–H groups in total. The molecule has 7 heteroatoms. The summed E-state index contributed by atoms with van der Waals surface area (Å²) in [5.41, 5.74) is 1.77. The lowest BCUT2D eigenvalue weighted by atomic mass is 10.0. The monoisotopic (exact) mass is 554 g/mol. The first kappa shape index (κ1) is 27.6. The molecule has 3 aromatic rings. The zero-order valence-corrected chi connectivity index (χ0v) is 23.1. The predicted molar refractivity (Wildman–Crippen MR) is 153 cm³/mol. The summed E-state index contributed by atoms with van der Waals surface area (Å²) < 4.78 is 0. The summed E-state index contributed by atoms with van der Waals surface area (Å²) in [7, 11) is 0. The highest BCUT2D eigenvalue weighted by Gasteiger charge is 2.32. The van der Waals surface area contributed by atoms with E-state index in [4.69, 9.17) is 23.2 Å². The van der Waals surface area contributed by atoms with Gasteiger partial charge in [-0.25, -0.2) is 0 Å². The fourth-order valence-electron chi connectivity index (χ4n) is 4.67. The molecule has 0 aromatic heterocycles. The van der Waals surface area contributed by atoms with Gasteiger partial charge in [0.2, 0.25) is 11.8 Å². The second kappa shape index (κ2) is 13.9. The third kappa shape index (κ3) is 8.26. The smallest absolute Gasteiger partial charge is 0.243 e. The molecule has 0 saturated heterocycles. The molecule has 1 fully saturated rings. The number of halogens is 2. The van der Waals surface area contributed by atoms with Gasteiger partial charge in [-0.15, -0.1) is 11.8 Å². The second-order valence-electron chi connectivity index (χ2n) is 9.36. The molecule has 1 saturated carbocycles. The number of hydrogen-bond donors (Lipinski definition) is 1. The molecule has 4 nitrogen and oxygen atoms in total. The van der Waals surface area contributed by atoms with Gasteiger partial charge in [-0.3, -0.25) is 9.59 Å². The third-order valence-electron chi connectivity index (χ3n) is 6.66. The van der Waals surface area contributed by atoms with Crippen LogP contribution in [0.25, 0.3) is 0 Å². The number of hydrogen-bond acceptors (Lipinski definition) is 3. The Morgan fingerprint density at radius 3 is 2.30 bits per heavy atom. The van der Waals surface area contributed by atoms with Gasteiger partial charge in [0.05, 0.1) is 0 Å². The molecule has 0 aliphatic heterocycles. The van der Waals surface area contributed by atoms with Crippen LogP contribution in [-0.4, -0.2) is 34.6 Å². The number of nitrogens with zero attached hydrogens (tertiary/aromatic N) is 1. The molecule has 4 rings (SSSR count). The average molecular weight is 556 g/mol. The molecule has 0 bridgehead atoms. The van der Waals surface area contributed by atoms with Crippen molar-refractivity contribution in [3.8, 4) is 0 Å². The molecular formula is C30H32Cl2N2O2S. The maximum Gasteiger partial charge on any atom is 0.243 e. The first-order valence-electron chi connectivity index (χ1n) is 12.7. The van der Waals surface area contributed by atoms with E-state index in [-0.39, 0.29) is 24.4 Å². The molecule has 0 radical (unpaired) electrons. The van der Waals surface area contributed by atoms with Crippen molar-refractivity contribution in [3.63, 3.8) is 0 Å². The van der Waals surface area contributed by atoms with Crippen LogP contribution in [0.15, 0.2) is 83.8 Å². The fourth-order valence-corrected chi connectivity index (χ4v) is 6.00. The molecule has 2 amide bonds. The zero-order valence-electron chi connectivity index (χ0n) is 20.7. The van der Waals surface area contributed by atoms with Crippen molar-refractivity contribution >= 4 is 46.8 Å². The van der Waals surface area contributed by atoms with E-state index < -0.39 is 6.04 Å². The molecule has 194 valence electrons. The highest BCUT2D eigenvalue weighted by molar-refractivity contribution is 7.99. The van der Waals surface area contributed by atoms with Crippen molar-refractivity contribution in [2.45, 2.75) is 62.0 Å². The number of amides is 2. The average Bonchev–Trinajstić information content (AvgIpc) is 3.41. The fraction of sp³-hybridized carbons (Fsp3) is 0.333. The van der Waals surface area contributed by atoms with E-state index in [1.165, 1.54) is 0 Å². The Morgan fingerprint density at radius 1 is 0.946 bits per heavy atom. The lowest BCUT2D eigenvalue weighted by Gasteiger charge is -2.32. The summed E-state index contributed by atoms with van der Waals surface area (Å²) in [6.07, 6.45) is 4.94. The molecule has 1 atom stereocenters. The molecule has 3 aromatic carbocycles. The molecule has 1 aliphatic rings. The SMILES string of the molecule is O=C(NC1CCCC1)[C@H](Cc1ccccc1)N(Cc1ccc(Cl)cc1Cl)C(=O)CCSc1ccccc1. The van der Waals surface area contributed by atoms with Crippen molar-refractivity contribution in [2.24, 2.45) is 0 Å². The number of nitrogens with one attached hydrogen (secondary N) is 1. The maximum atomic E-state index is 13.8. The third-order valence-corrected chi connectivity index (χ3v) is 8.26. The van der Waals surface area contributed by atoms with Crippen molar-refractivity contribution in [2.75, 3.05) is 5.75 Å². The van der Waals surface area contributed by atoms with E-state index in [1.807, 2.05) is 66.7 Å². The van der Waals surface area contributed by atoms with Gasteiger partial charge in [0.25, 0.3) is 0 Å². The molecule has 0 spiro atoms. The topological polar surface area (TPSA) is 49.4 Å². The van der Waals surface area contributed by atoms with Crippen molar-refractivity contribution in [3.05, 3.63) is 100 Å². The van der Waals surface area contributed by atoms with Crippen LogP contribution >= 0.6 is 35.0 Å². The Hall–Kier alpha value is -2.47. The van der Waals surface area contributed by atoms with Gasteiger partial charge >= 0.3 is 0 Å². The molecular weight excluding hydrogens is 523 g/mol. The number of benzene rings is 3. The van der Waals surface area contributed by atoms with E-state index in [9.17, 15) is 9.59 Å². The van der Waals surface area contributed by atoms with Crippen LogP contribution in [0, 0.1) is 0 Å². The van der Waals surface area contributed by atoms with E-state index in [2.05, 4.69) is 5.32 Å². The van der Waals surface area contributed by atoms with Gasteiger partial charge in [0.15, 0.2) is 0 Å². The van der Waals surface area contributed by atoms with Crippen LogP contribution in [0.1, 0.15) is 43.2 Å². The number of thioether (sulfide) groups is 1. The first-order valence-corrected chi connectivity index (χ1v) is 14.5.